The normalized spacial score (nSPS) is 13.8. The number of hydrogen-bond acceptors (Lipinski definition) is 5. The van der Waals surface area contributed by atoms with Crippen LogP contribution in [-0.2, 0) is 25.9 Å². The van der Waals surface area contributed by atoms with Crippen molar-refractivity contribution in [3.05, 3.63) is 94.7 Å². The number of rotatable bonds is 8. The zero-order chi connectivity index (χ0) is 26.0. The Morgan fingerprint density at radius 1 is 1.17 bits per heavy atom. The lowest BCUT2D eigenvalue weighted by Gasteiger charge is -2.21. The van der Waals surface area contributed by atoms with Gasteiger partial charge in [-0.3, -0.25) is 4.79 Å². The van der Waals surface area contributed by atoms with Gasteiger partial charge < -0.3 is 20.4 Å². The number of aliphatic hydroxyl groups excluding tert-OH is 1. The van der Waals surface area contributed by atoms with E-state index in [1.165, 1.54) is 24.3 Å². The number of benzene rings is 2. The molecule has 3 aromatic rings. The molecule has 1 unspecified atom stereocenters. The van der Waals surface area contributed by atoms with Crippen LogP contribution in [0.5, 0.6) is 0 Å². The lowest BCUT2D eigenvalue weighted by molar-refractivity contribution is -0.137. The third kappa shape index (κ3) is 4.96. The Kier molecular flexibility index (Phi) is 6.84. The summed E-state index contributed by atoms with van der Waals surface area (Å²) in [4.78, 5) is 26.2. The van der Waals surface area contributed by atoms with Crippen LogP contribution < -0.4 is 10.2 Å². The molecule has 0 bridgehead atoms. The van der Waals surface area contributed by atoms with Crippen LogP contribution in [0.15, 0.2) is 61.2 Å². The Balaban J connectivity index is 1.61. The van der Waals surface area contributed by atoms with Gasteiger partial charge in [0.25, 0.3) is 5.91 Å². The molecule has 0 fully saturated rings. The number of nitrogens with zero attached hydrogens (tertiary/aromatic N) is 3. The van der Waals surface area contributed by atoms with Crippen molar-refractivity contribution in [3.8, 4) is 0 Å². The molecule has 0 saturated heterocycles. The van der Waals surface area contributed by atoms with Crippen molar-refractivity contribution < 1.29 is 33.0 Å². The largest absolute Gasteiger partial charge is 0.478 e. The molecule has 3 N–H and O–H groups in total. The molecule has 188 valence electrons. The van der Waals surface area contributed by atoms with Crippen LogP contribution in [0, 0.1) is 0 Å². The monoisotopic (exact) mass is 500 g/mol. The van der Waals surface area contributed by atoms with Gasteiger partial charge in [0, 0.05) is 13.1 Å². The van der Waals surface area contributed by atoms with Crippen LogP contribution in [0.25, 0.3) is 0 Å². The minimum Gasteiger partial charge on any atom is -0.478 e. The summed E-state index contributed by atoms with van der Waals surface area (Å²) in [6.07, 6.45) is -2.99. The Morgan fingerprint density at radius 3 is 2.50 bits per heavy atom. The molecule has 1 aromatic heterocycles. The molecular weight excluding hydrogens is 477 g/mol. The standard InChI is InChI=1S/C25H23F3N4O4/c1-2-19(16-6-8-17(9-7-16)24(35)36)29-22(34)21-20(14-33)30-32-11-10-31(23(21)32)13-15-4-3-5-18(12-15)25(26,27)28/h2-9,12,19,33H,1,10-11,13-14H2,(H,29,34)(H,35,36). The maximum Gasteiger partial charge on any atom is 0.416 e. The first-order valence-corrected chi connectivity index (χ1v) is 11.0. The highest BCUT2D eigenvalue weighted by Crippen LogP contribution is 2.33. The second-order valence-electron chi connectivity index (χ2n) is 8.26. The molecule has 0 radical (unpaired) electrons. The van der Waals surface area contributed by atoms with Crippen molar-refractivity contribution in [2.45, 2.75) is 31.9 Å². The number of alkyl halides is 3. The smallest absolute Gasteiger partial charge is 0.416 e. The van der Waals surface area contributed by atoms with Gasteiger partial charge in [-0.25, -0.2) is 9.48 Å². The lowest BCUT2D eigenvalue weighted by Crippen LogP contribution is -2.30. The van der Waals surface area contributed by atoms with Gasteiger partial charge in [0.2, 0.25) is 0 Å². The number of amides is 1. The van der Waals surface area contributed by atoms with Gasteiger partial charge in [0.15, 0.2) is 0 Å². The van der Waals surface area contributed by atoms with Crippen molar-refractivity contribution in [1.82, 2.24) is 15.1 Å². The molecule has 2 aromatic carbocycles. The van der Waals surface area contributed by atoms with Crippen LogP contribution in [0.4, 0.5) is 19.0 Å². The van der Waals surface area contributed by atoms with E-state index >= 15 is 0 Å². The van der Waals surface area contributed by atoms with Crippen molar-refractivity contribution in [3.63, 3.8) is 0 Å². The van der Waals surface area contributed by atoms with E-state index < -0.39 is 36.3 Å². The maximum absolute atomic E-state index is 13.4. The fourth-order valence-electron chi connectivity index (χ4n) is 4.19. The molecule has 11 heteroatoms. The Hall–Kier alpha value is -4.12. The van der Waals surface area contributed by atoms with E-state index in [2.05, 4.69) is 17.0 Å². The molecule has 1 aliphatic rings. The van der Waals surface area contributed by atoms with Gasteiger partial charge >= 0.3 is 12.1 Å². The van der Waals surface area contributed by atoms with Gasteiger partial charge in [-0.15, -0.1) is 6.58 Å². The van der Waals surface area contributed by atoms with Crippen LogP contribution in [0.3, 0.4) is 0 Å². The Labute approximate surface area is 204 Å². The Bertz CT molecular complexity index is 1300. The third-order valence-electron chi connectivity index (χ3n) is 5.92. The second kappa shape index (κ2) is 9.86. The topological polar surface area (TPSA) is 108 Å². The molecule has 1 amide bonds. The summed E-state index contributed by atoms with van der Waals surface area (Å²) < 4.78 is 41.0. The molecule has 36 heavy (non-hydrogen) atoms. The number of fused-ring (bicyclic) bond motifs is 1. The molecule has 0 spiro atoms. The minimum atomic E-state index is -4.47. The summed E-state index contributed by atoms with van der Waals surface area (Å²) in [5.41, 5.74) is 0.605. The minimum absolute atomic E-state index is 0.0927. The first-order valence-electron chi connectivity index (χ1n) is 11.0. The molecule has 1 aliphatic heterocycles. The second-order valence-corrected chi connectivity index (χ2v) is 8.26. The highest BCUT2D eigenvalue weighted by molar-refractivity contribution is 6.01. The summed E-state index contributed by atoms with van der Waals surface area (Å²) >= 11 is 0. The quantitative estimate of drug-likeness (QED) is 0.407. The highest BCUT2D eigenvalue weighted by Gasteiger charge is 2.33. The van der Waals surface area contributed by atoms with Gasteiger partial charge in [-0.1, -0.05) is 30.3 Å². The number of nitrogens with one attached hydrogen (secondary N) is 1. The van der Waals surface area contributed by atoms with E-state index in [4.69, 9.17) is 5.11 Å². The van der Waals surface area contributed by atoms with Crippen molar-refractivity contribution in [2.75, 3.05) is 11.4 Å². The number of carboxylic acid groups (broad SMARTS) is 1. The van der Waals surface area contributed by atoms with Gasteiger partial charge in [0.1, 0.15) is 17.1 Å². The summed E-state index contributed by atoms with van der Waals surface area (Å²) in [5, 5.41) is 26.1. The van der Waals surface area contributed by atoms with E-state index in [0.29, 0.717) is 30.0 Å². The van der Waals surface area contributed by atoms with Crippen LogP contribution >= 0.6 is 0 Å². The maximum atomic E-state index is 13.4. The van der Waals surface area contributed by atoms with Crippen LogP contribution in [0.1, 0.15) is 49.1 Å². The Morgan fingerprint density at radius 2 is 1.89 bits per heavy atom. The van der Waals surface area contributed by atoms with E-state index in [9.17, 15) is 27.9 Å². The van der Waals surface area contributed by atoms with E-state index in [1.807, 2.05) is 0 Å². The summed E-state index contributed by atoms with van der Waals surface area (Å²) in [6, 6.07) is 10.3. The number of aliphatic hydroxyl groups is 1. The number of hydrogen-bond donors (Lipinski definition) is 3. The average molecular weight is 500 g/mol. The van der Waals surface area contributed by atoms with Crippen molar-refractivity contribution in [1.29, 1.82) is 0 Å². The van der Waals surface area contributed by atoms with E-state index in [1.54, 1.807) is 27.8 Å². The fraction of sp³-hybridized carbons (Fsp3) is 0.240. The zero-order valence-electron chi connectivity index (χ0n) is 19.0. The lowest BCUT2D eigenvalue weighted by atomic mass is 10.0. The molecular formula is C25H23F3N4O4. The average Bonchev–Trinajstić information content (AvgIpc) is 3.41. The van der Waals surface area contributed by atoms with E-state index in [0.717, 1.165) is 12.1 Å². The molecule has 1 atom stereocenters. The number of anilines is 1. The highest BCUT2D eigenvalue weighted by atomic mass is 19.4. The van der Waals surface area contributed by atoms with Crippen molar-refractivity contribution in [2.24, 2.45) is 0 Å². The molecule has 0 aliphatic carbocycles. The number of aromatic nitrogens is 2. The first kappa shape index (κ1) is 25.0. The molecule has 4 rings (SSSR count). The predicted octanol–water partition coefficient (Wildman–Crippen LogP) is 3.77. The number of carbonyl (C=O) groups excluding carboxylic acids is 1. The predicted molar refractivity (Wildman–Crippen MR) is 124 cm³/mol. The van der Waals surface area contributed by atoms with Gasteiger partial charge in [-0.2, -0.15) is 18.3 Å². The molecule has 0 saturated carbocycles. The zero-order valence-corrected chi connectivity index (χ0v) is 19.0. The SMILES string of the molecule is C=CC(NC(=O)c1c(CO)nn2c1N(Cc1cccc(C(F)(F)F)c1)CC2)c1ccc(C(=O)O)cc1. The molecule has 2 heterocycles. The number of carbonyl (C=O) groups is 2. The van der Waals surface area contributed by atoms with Crippen LogP contribution in [-0.4, -0.2) is 38.4 Å². The van der Waals surface area contributed by atoms with Gasteiger partial charge in [-0.05, 0) is 35.4 Å². The number of aromatic carboxylic acids is 1. The number of halogens is 3. The summed E-state index contributed by atoms with van der Waals surface area (Å²) in [6.45, 7) is 4.17. The number of carboxylic acids is 1. The third-order valence-corrected chi connectivity index (χ3v) is 5.92. The molecule has 8 nitrogen and oxygen atoms in total. The summed E-state index contributed by atoms with van der Waals surface area (Å²) in [5.74, 6) is -1.23. The van der Waals surface area contributed by atoms with Crippen LogP contribution in [0.2, 0.25) is 0 Å². The summed E-state index contributed by atoms with van der Waals surface area (Å²) in [7, 11) is 0. The fourth-order valence-corrected chi connectivity index (χ4v) is 4.19. The van der Waals surface area contributed by atoms with E-state index in [-0.39, 0.29) is 23.4 Å². The first-order chi connectivity index (χ1) is 17.1. The van der Waals surface area contributed by atoms with Gasteiger partial charge in [0.05, 0.1) is 30.3 Å². The van der Waals surface area contributed by atoms with Crippen molar-refractivity contribution >= 4 is 17.7 Å².